The number of carbonyl (C=O) groups excluding carboxylic acids is 1. The zero-order valence-corrected chi connectivity index (χ0v) is 12.5. The number of nitrogens with one attached hydrogen (secondary N) is 1. The first-order valence-corrected chi connectivity index (χ1v) is 7.42. The molecule has 0 atom stereocenters. The molecule has 1 aliphatic rings. The lowest BCUT2D eigenvalue weighted by atomic mass is 10.2. The molecule has 2 rings (SSSR count). The maximum atomic E-state index is 11.9. The number of rotatable bonds is 5. The van der Waals surface area contributed by atoms with E-state index in [1.165, 1.54) is 0 Å². The van der Waals surface area contributed by atoms with Gasteiger partial charge in [0.1, 0.15) is 0 Å². The van der Waals surface area contributed by atoms with Gasteiger partial charge in [0.25, 0.3) is 0 Å². The Labute approximate surface area is 121 Å². The fourth-order valence-corrected chi connectivity index (χ4v) is 2.49. The Balaban J connectivity index is 1.68. The van der Waals surface area contributed by atoms with E-state index >= 15 is 0 Å². The van der Waals surface area contributed by atoms with E-state index in [0.29, 0.717) is 19.1 Å². The molecule has 20 heavy (non-hydrogen) atoms. The van der Waals surface area contributed by atoms with Crippen molar-refractivity contribution >= 4 is 5.91 Å². The van der Waals surface area contributed by atoms with Crippen molar-refractivity contribution in [1.82, 2.24) is 15.1 Å². The summed E-state index contributed by atoms with van der Waals surface area (Å²) in [6, 6.07) is 10.6. The van der Waals surface area contributed by atoms with E-state index in [-0.39, 0.29) is 5.91 Å². The Morgan fingerprint density at radius 1 is 1.15 bits per heavy atom. The fraction of sp³-hybridized carbons (Fsp3) is 0.562. The summed E-state index contributed by atoms with van der Waals surface area (Å²) in [6.07, 6.45) is 0. The lowest BCUT2D eigenvalue weighted by Crippen LogP contribution is -2.51. The molecule has 1 saturated heterocycles. The van der Waals surface area contributed by atoms with Crippen LogP contribution in [-0.2, 0) is 11.3 Å². The molecule has 0 spiro atoms. The van der Waals surface area contributed by atoms with Crippen LogP contribution in [0.25, 0.3) is 0 Å². The number of amides is 1. The third-order valence-corrected chi connectivity index (χ3v) is 3.84. The van der Waals surface area contributed by atoms with Gasteiger partial charge in [-0.05, 0) is 19.4 Å². The quantitative estimate of drug-likeness (QED) is 0.880. The average Bonchev–Trinajstić information content (AvgIpc) is 2.47. The van der Waals surface area contributed by atoms with Crippen LogP contribution in [0.2, 0.25) is 0 Å². The van der Waals surface area contributed by atoms with Gasteiger partial charge < -0.3 is 5.32 Å². The van der Waals surface area contributed by atoms with Crippen LogP contribution in [-0.4, -0.2) is 54.5 Å². The fourth-order valence-electron chi connectivity index (χ4n) is 2.49. The predicted molar refractivity (Wildman–Crippen MR) is 81.4 cm³/mol. The Morgan fingerprint density at radius 2 is 1.80 bits per heavy atom. The monoisotopic (exact) mass is 275 g/mol. The van der Waals surface area contributed by atoms with Crippen molar-refractivity contribution < 1.29 is 4.79 Å². The maximum Gasteiger partial charge on any atom is 0.234 e. The highest BCUT2D eigenvalue weighted by Crippen LogP contribution is 2.05. The first-order chi connectivity index (χ1) is 9.65. The summed E-state index contributed by atoms with van der Waals surface area (Å²) in [4.78, 5) is 16.6. The minimum Gasteiger partial charge on any atom is -0.351 e. The molecule has 4 heteroatoms. The molecule has 1 aliphatic heterocycles. The zero-order valence-electron chi connectivity index (χ0n) is 12.5. The van der Waals surface area contributed by atoms with Crippen LogP contribution >= 0.6 is 0 Å². The lowest BCUT2D eigenvalue weighted by Gasteiger charge is -2.36. The van der Waals surface area contributed by atoms with E-state index in [4.69, 9.17) is 0 Å². The second kappa shape index (κ2) is 7.41. The van der Waals surface area contributed by atoms with Crippen molar-refractivity contribution in [3.8, 4) is 0 Å². The van der Waals surface area contributed by atoms with Crippen LogP contribution < -0.4 is 5.32 Å². The molecular formula is C16H25N3O. The molecule has 4 nitrogen and oxygen atoms in total. The summed E-state index contributed by atoms with van der Waals surface area (Å²) in [5.41, 5.74) is 1.14. The third kappa shape index (κ3) is 4.62. The summed E-state index contributed by atoms with van der Waals surface area (Å²) in [5, 5.41) is 2.99. The molecule has 1 aromatic rings. The molecule has 0 aromatic heterocycles. The maximum absolute atomic E-state index is 11.9. The summed E-state index contributed by atoms with van der Waals surface area (Å²) in [7, 11) is 0. The van der Waals surface area contributed by atoms with Gasteiger partial charge in [-0.3, -0.25) is 14.6 Å². The summed E-state index contributed by atoms with van der Waals surface area (Å²) in [5.74, 6) is 0.117. The van der Waals surface area contributed by atoms with Gasteiger partial charge in [-0.2, -0.15) is 0 Å². The first-order valence-electron chi connectivity index (χ1n) is 7.42. The molecule has 0 unspecified atom stereocenters. The van der Waals surface area contributed by atoms with Crippen molar-refractivity contribution in [2.45, 2.75) is 26.4 Å². The number of benzene rings is 1. The first kappa shape index (κ1) is 15.0. The van der Waals surface area contributed by atoms with Gasteiger partial charge in [0.05, 0.1) is 6.54 Å². The zero-order chi connectivity index (χ0) is 14.4. The highest BCUT2D eigenvalue weighted by molar-refractivity contribution is 5.78. The average molecular weight is 275 g/mol. The normalized spacial score (nSPS) is 17.4. The molecular weight excluding hydrogens is 250 g/mol. The van der Waals surface area contributed by atoms with Gasteiger partial charge in [0.15, 0.2) is 0 Å². The van der Waals surface area contributed by atoms with Gasteiger partial charge in [-0.15, -0.1) is 0 Å². The highest BCUT2D eigenvalue weighted by atomic mass is 16.2. The molecule has 1 amide bonds. The van der Waals surface area contributed by atoms with Crippen molar-refractivity contribution in [3.05, 3.63) is 35.9 Å². The number of hydrogen-bond donors (Lipinski definition) is 1. The Bertz CT molecular complexity index is 411. The van der Waals surface area contributed by atoms with Crippen LogP contribution in [0.4, 0.5) is 0 Å². The van der Waals surface area contributed by atoms with Gasteiger partial charge in [0, 0.05) is 38.8 Å². The number of hydrogen-bond acceptors (Lipinski definition) is 3. The van der Waals surface area contributed by atoms with Gasteiger partial charge in [-0.25, -0.2) is 0 Å². The van der Waals surface area contributed by atoms with E-state index in [1.807, 2.05) is 30.3 Å². The third-order valence-electron chi connectivity index (χ3n) is 3.84. The molecule has 0 aliphatic carbocycles. The molecule has 1 fully saturated rings. The SMILES string of the molecule is CC(C)N1CCN(CC(=O)NCc2ccccc2)CC1. The molecule has 1 heterocycles. The van der Waals surface area contributed by atoms with Crippen LogP contribution in [0.3, 0.4) is 0 Å². The highest BCUT2D eigenvalue weighted by Gasteiger charge is 2.20. The standard InChI is InChI=1S/C16H25N3O/c1-14(2)19-10-8-18(9-11-19)13-16(20)17-12-15-6-4-3-5-7-15/h3-7,14H,8-13H2,1-2H3,(H,17,20). The van der Waals surface area contributed by atoms with Crippen molar-refractivity contribution in [3.63, 3.8) is 0 Å². The van der Waals surface area contributed by atoms with Crippen molar-refractivity contribution in [2.75, 3.05) is 32.7 Å². The van der Waals surface area contributed by atoms with E-state index in [9.17, 15) is 4.79 Å². The van der Waals surface area contributed by atoms with E-state index < -0.39 is 0 Å². The van der Waals surface area contributed by atoms with Crippen LogP contribution in [0.15, 0.2) is 30.3 Å². The lowest BCUT2D eigenvalue weighted by molar-refractivity contribution is -0.122. The smallest absolute Gasteiger partial charge is 0.234 e. The van der Waals surface area contributed by atoms with E-state index in [1.54, 1.807) is 0 Å². The number of piperazine rings is 1. The summed E-state index contributed by atoms with van der Waals surface area (Å²) in [6.45, 7) is 9.66. The second-order valence-electron chi connectivity index (χ2n) is 5.67. The molecule has 1 aromatic carbocycles. The Morgan fingerprint density at radius 3 is 2.40 bits per heavy atom. The van der Waals surface area contributed by atoms with Gasteiger partial charge in [-0.1, -0.05) is 30.3 Å². The van der Waals surface area contributed by atoms with Crippen LogP contribution in [0, 0.1) is 0 Å². The Kier molecular flexibility index (Phi) is 5.56. The molecule has 1 N–H and O–H groups in total. The van der Waals surface area contributed by atoms with Crippen LogP contribution in [0.1, 0.15) is 19.4 Å². The Hall–Kier alpha value is -1.39. The summed E-state index contributed by atoms with van der Waals surface area (Å²) >= 11 is 0. The van der Waals surface area contributed by atoms with Gasteiger partial charge >= 0.3 is 0 Å². The molecule has 0 saturated carbocycles. The van der Waals surface area contributed by atoms with Gasteiger partial charge in [0.2, 0.25) is 5.91 Å². The number of nitrogens with zero attached hydrogens (tertiary/aromatic N) is 2. The van der Waals surface area contributed by atoms with Crippen molar-refractivity contribution in [1.29, 1.82) is 0 Å². The number of carbonyl (C=O) groups is 1. The second-order valence-corrected chi connectivity index (χ2v) is 5.67. The van der Waals surface area contributed by atoms with Crippen LogP contribution in [0.5, 0.6) is 0 Å². The topological polar surface area (TPSA) is 35.6 Å². The van der Waals surface area contributed by atoms with E-state index in [2.05, 4.69) is 29.0 Å². The minimum absolute atomic E-state index is 0.117. The minimum atomic E-state index is 0.117. The predicted octanol–water partition coefficient (Wildman–Crippen LogP) is 1.33. The molecule has 0 radical (unpaired) electrons. The molecule has 0 bridgehead atoms. The largest absolute Gasteiger partial charge is 0.351 e. The van der Waals surface area contributed by atoms with E-state index in [0.717, 1.165) is 31.7 Å². The van der Waals surface area contributed by atoms with Crippen molar-refractivity contribution in [2.24, 2.45) is 0 Å². The summed E-state index contributed by atoms with van der Waals surface area (Å²) < 4.78 is 0. The molecule has 110 valence electrons.